The summed E-state index contributed by atoms with van der Waals surface area (Å²) in [6, 6.07) is 4.35. The second kappa shape index (κ2) is 6.92. The van der Waals surface area contributed by atoms with E-state index in [1.807, 2.05) is 0 Å². The third-order valence-corrected chi connectivity index (χ3v) is 3.77. The normalized spacial score (nSPS) is 10.9. The fourth-order valence-corrected chi connectivity index (χ4v) is 2.63. The average molecular weight is 353 g/mol. The fraction of sp³-hybridized carbons (Fsp3) is 0.312. The molecule has 1 aromatic heterocycles. The summed E-state index contributed by atoms with van der Waals surface area (Å²) in [5.41, 5.74) is -0.507. The second-order valence-electron chi connectivity index (χ2n) is 5.47. The van der Waals surface area contributed by atoms with E-state index in [1.54, 1.807) is 26.0 Å². The van der Waals surface area contributed by atoms with Crippen molar-refractivity contribution in [2.24, 2.45) is 0 Å². The number of halogens is 1. The molecule has 0 spiro atoms. The van der Waals surface area contributed by atoms with Gasteiger partial charge >= 0.3 is 11.7 Å². The Balaban J connectivity index is 2.76. The number of hydrogen-bond donors (Lipinski definition) is 1. The predicted octanol–water partition coefficient (Wildman–Crippen LogP) is 2.00. The molecule has 2 rings (SSSR count). The molecule has 0 saturated carbocycles. The van der Waals surface area contributed by atoms with E-state index in [0.29, 0.717) is 16.3 Å². The number of carboxylic acids is 1. The molecule has 128 valence electrons. The molecule has 0 aliphatic rings. The Bertz CT molecular complexity index is 898. The first-order chi connectivity index (χ1) is 11.3. The number of rotatable bonds is 5. The number of ether oxygens (including phenoxy) is 1. The van der Waals surface area contributed by atoms with E-state index in [1.165, 1.54) is 19.4 Å². The number of aromatic nitrogens is 2. The zero-order valence-corrected chi connectivity index (χ0v) is 14.2. The lowest BCUT2D eigenvalue weighted by molar-refractivity contribution is -0.137. The third kappa shape index (κ3) is 3.35. The van der Waals surface area contributed by atoms with Gasteiger partial charge in [0.25, 0.3) is 5.56 Å². The average Bonchev–Trinajstić information content (AvgIpc) is 2.49. The lowest BCUT2D eigenvalue weighted by Gasteiger charge is -2.15. The standard InChI is InChI=1S/C16H17ClN2O5/c1-9(2)19-15(22)11(7-18(16(19)23)8-14(20)21)10-4-5-13(24-3)12(17)6-10/h4-7,9H,8H2,1-3H3,(H,20,21). The molecule has 0 aliphatic carbocycles. The summed E-state index contributed by atoms with van der Waals surface area (Å²) in [6.45, 7) is 2.82. The molecule has 2 aromatic rings. The van der Waals surface area contributed by atoms with Crippen molar-refractivity contribution in [1.29, 1.82) is 0 Å². The van der Waals surface area contributed by atoms with Gasteiger partial charge in [0, 0.05) is 12.2 Å². The van der Waals surface area contributed by atoms with Crippen LogP contribution >= 0.6 is 11.6 Å². The topological polar surface area (TPSA) is 90.5 Å². The highest BCUT2D eigenvalue weighted by molar-refractivity contribution is 6.32. The van der Waals surface area contributed by atoms with Crippen LogP contribution in [0.15, 0.2) is 34.0 Å². The number of nitrogens with zero attached hydrogens (tertiary/aromatic N) is 2. The van der Waals surface area contributed by atoms with Gasteiger partial charge in [0.15, 0.2) is 0 Å². The van der Waals surface area contributed by atoms with Crippen LogP contribution in [0, 0.1) is 0 Å². The number of carbonyl (C=O) groups is 1. The summed E-state index contributed by atoms with van der Waals surface area (Å²) in [5, 5.41) is 9.29. The van der Waals surface area contributed by atoms with E-state index in [4.69, 9.17) is 21.4 Å². The summed E-state index contributed by atoms with van der Waals surface area (Å²) in [5.74, 6) is -0.728. The quantitative estimate of drug-likeness (QED) is 0.888. The molecule has 0 fully saturated rings. The van der Waals surface area contributed by atoms with Crippen LogP contribution in [0.25, 0.3) is 11.1 Å². The van der Waals surface area contributed by atoms with Crippen LogP contribution < -0.4 is 16.0 Å². The number of benzene rings is 1. The maximum atomic E-state index is 12.7. The molecule has 1 aromatic carbocycles. The molecule has 0 amide bonds. The van der Waals surface area contributed by atoms with Crippen molar-refractivity contribution >= 4 is 17.6 Å². The minimum absolute atomic E-state index is 0.189. The molecule has 0 atom stereocenters. The van der Waals surface area contributed by atoms with Crippen LogP contribution in [-0.2, 0) is 11.3 Å². The smallest absolute Gasteiger partial charge is 0.331 e. The molecule has 7 nitrogen and oxygen atoms in total. The summed E-state index contributed by atoms with van der Waals surface area (Å²) in [4.78, 5) is 36.0. The van der Waals surface area contributed by atoms with Gasteiger partial charge in [0.05, 0.1) is 17.7 Å². The molecule has 0 bridgehead atoms. The van der Waals surface area contributed by atoms with Gasteiger partial charge in [-0.25, -0.2) is 4.79 Å². The lowest BCUT2D eigenvalue weighted by atomic mass is 10.1. The Labute approximate surface area is 142 Å². The van der Waals surface area contributed by atoms with Gasteiger partial charge in [-0.2, -0.15) is 0 Å². The monoisotopic (exact) mass is 352 g/mol. The molecule has 0 radical (unpaired) electrons. The molecule has 24 heavy (non-hydrogen) atoms. The predicted molar refractivity (Wildman–Crippen MR) is 90.0 cm³/mol. The van der Waals surface area contributed by atoms with E-state index in [0.717, 1.165) is 9.13 Å². The van der Waals surface area contributed by atoms with Gasteiger partial charge in [-0.1, -0.05) is 17.7 Å². The summed E-state index contributed by atoms with van der Waals surface area (Å²) >= 11 is 6.09. The molecular formula is C16H17ClN2O5. The Morgan fingerprint density at radius 1 is 1.33 bits per heavy atom. The minimum atomic E-state index is -1.18. The molecule has 0 aliphatic heterocycles. The highest BCUT2D eigenvalue weighted by Gasteiger charge is 2.17. The van der Waals surface area contributed by atoms with Crippen LogP contribution in [0.4, 0.5) is 0 Å². The molecule has 1 N–H and O–H groups in total. The molecular weight excluding hydrogens is 336 g/mol. The highest BCUT2D eigenvalue weighted by Crippen LogP contribution is 2.28. The number of aliphatic carboxylic acids is 1. The van der Waals surface area contributed by atoms with Crippen LogP contribution in [0.3, 0.4) is 0 Å². The Kier molecular flexibility index (Phi) is 5.14. The third-order valence-electron chi connectivity index (χ3n) is 3.47. The zero-order valence-electron chi connectivity index (χ0n) is 13.4. The van der Waals surface area contributed by atoms with Crippen LogP contribution in [0.2, 0.25) is 5.02 Å². The van der Waals surface area contributed by atoms with E-state index in [2.05, 4.69) is 0 Å². The van der Waals surface area contributed by atoms with Gasteiger partial charge in [-0.3, -0.25) is 18.7 Å². The Morgan fingerprint density at radius 3 is 2.50 bits per heavy atom. The van der Waals surface area contributed by atoms with Crippen LogP contribution in [0.1, 0.15) is 19.9 Å². The van der Waals surface area contributed by atoms with Crippen molar-refractivity contribution in [3.63, 3.8) is 0 Å². The first-order valence-corrected chi connectivity index (χ1v) is 7.55. The van der Waals surface area contributed by atoms with Crippen molar-refractivity contribution in [2.75, 3.05) is 7.11 Å². The molecule has 0 saturated heterocycles. The second-order valence-corrected chi connectivity index (χ2v) is 5.87. The van der Waals surface area contributed by atoms with E-state index < -0.39 is 29.8 Å². The summed E-state index contributed by atoms with van der Waals surface area (Å²) in [7, 11) is 1.47. The first-order valence-electron chi connectivity index (χ1n) is 7.18. The van der Waals surface area contributed by atoms with Crippen molar-refractivity contribution < 1.29 is 14.6 Å². The van der Waals surface area contributed by atoms with Gasteiger partial charge in [-0.15, -0.1) is 0 Å². The van der Waals surface area contributed by atoms with Gasteiger partial charge in [0.1, 0.15) is 12.3 Å². The zero-order chi connectivity index (χ0) is 18.0. The largest absolute Gasteiger partial charge is 0.495 e. The van der Waals surface area contributed by atoms with E-state index in [-0.39, 0.29) is 5.56 Å². The van der Waals surface area contributed by atoms with Gasteiger partial charge in [0.2, 0.25) is 0 Å². The first kappa shape index (κ1) is 17.8. The summed E-state index contributed by atoms with van der Waals surface area (Å²) in [6.07, 6.45) is 1.25. The van der Waals surface area contributed by atoms with Gasteiger partial charge in [-0.05, 0) is 31.5 Å². The maximum absolute atomic E-state index is 12.7. The Morgan fingerprint density at radius 2 is 2.00 bits per heavy atom. The molecule has 8 heteroatoms. The number of hydrogen-bond acceptors (Lipinski definition) is 4. The summed E-state index contributed by atoms with van der Waals surface area (Å²) < 4.78 is 7.10. The van der Waals surface area contributed by atoms with Crippen molar-refractivity contribution in [2.45, 2.75) is 26.4 Å². The minimum Gasteiger partial charge on any atom is -0.495 e. The molecule has 0 unspecified atom stereocenters. The van der Waals surface area contributed by atoms with Crippen molar-refractivity contribution in [1.82, 2.24) is 9.13 Å². The Hall–Kier alpha value is -2.54. The molecule has 1 heterocycles. The van der Waals surface area contributed by atoms with Crippen molar-refractivity contribution in [3.8, 4) is 16.9 Å². The lowest BCUT2D eigenvalue weighted by Crippen LogP contribution is -2.42. The SMILES string of the molecule is COc1ccc(-c2cn(CC(=O)O)c(=O)n(C(C)C)c2=O)cc1Cl. The number of carboxylic acid groups (broad SMARTS) is 1. The van der Waals surface area contributed by atoms with Crippen LogP contribution in [0.5, 0.6) is 5.75 Å². The maximum Gasteiger partial charge on any atom is 0.331 e. The van der Waals surface area contributed by atoms with Gasteiger partial charge < -0.3 is 9.84 Å². The van der Waals surface area contributed by atoms with E-state index in [9.17, 15) is 14.4 Å². The van der Waals surface area contributed by atoms with Crippen molar-refractivity contribution in [3.05, 3.63) is 50.3 Å². The number of methoxy groups -OCH3 is 1. The van der Waals surface area contributed by atoms with E-state index >= 15 is 0 Å². The highest BCUT2D eigenvalue weighted by atomic mass is 35.5. The fourth-order valence-electron chi connectivity index (χ4n) is 2.37. The van der Waals surface area contributed by atoms with Crippen LogP contribution in [-0.4, -0.2) is 27.3 Å².